The highest BCUT2D eigenvalue weighted by Crippen LogP contribution is 2.12. The lowest BCUT2D eigenvalue weighted by Crippen LogP contribution is -2.33. The molecule has 0 radical (unpaired) electrons. The lowest BCUT2D eigenvalue weighted by Gasteiger charge is -2.19. The summed E-state index contributed by atoms with van der Waals surface area (Å²) in [6, 6.07) is 8.67. The fraction of sp³-hybridized carbons (Fsp3) is 0.538. The Morgan fingerprint density at radius 2 is 1.94 bits per heavy atom. The molecule has 3 heteroatoms. The summed E-state index contributed by atoms with van der Waals surface area (Å²) in [7, 11) is 1.72. The SMILES string of the molecule is COC(C)CNC(CN)c1ccc(C)cc1. The van der Waals surface area contributed by atoms with Crippen molar-refractivity contribution in [2.75, 3.05) is 20.2 Å². The Labute approximate surface area is 98.0 Å². The van der Waals surface area contributed by atoms with E-state index in [1.54, 1.807) is 7.11 Å². The Hall–Kier alpha value is -0.900. The highest BCUT2D eigenvalue weighted by Gasteiger charge is 2.09. The van der Waals surface area contributed by atoms with Gasteiger partial charge >= 0.3 is 0 Å². The largest absolute Gasteiger partial charge is 0.380 e. The zero-order valence-electron chi connectivity index (χ0n) is 10.4. The van der Waals surface area contributed by atoms with Crippen LogP contribution in [-0.4, -0.2) is 26.3 Å². The third kappa shape index (κ3) is 3.93. The molecule has 16 heavy (non-hydrogen) atoms. The molecule has 3 nitrogen and oxygen atoms in total. The van der Waals surface area contributed by atoms with Crippen LogP contribution in [-0.2, 0) is 4.74 Å². The van der Waals surface area contributed by atoms with E-state index in [9.17, 15) is 0 Å². The Kier molecular flexibility index (Phi) is 5.46. The first-order chi connectivity index (χ1) is 7.67. The second kappa shape index (κ2) is 6.63. The van der Waals surface area contributed by atoms with Gasteiger partial charge in [-0.2, -0.15) is 0 Å². The fourth-order valence-corrected chi connectivity index (χ4v) is 1.53. The van der Waals surface area contributed by atoms with Gasteiger partial charge in [0.2, 0.25) is 0 Å². The van der Waals surface area contributed by atoms with Crippen molar-refractivity contribution in [2.24, 2.45) is 5.73 Å². The molecule has 3 N–H and O–H groups in total. The first kappa shape index (κ1) is 13.2. The van der Waals surface area contributed by atoms with Gasteiger partial charge in [-0.25, -0.2) is 0 Å². The van der Waals surface area contributed by atoms with E-state index in [0.717, 1.165) is 6.54 Å². The summed E-state index contributed by atoms with van der Waals surface area (Å²) in [6.45, 7) is 5.53. The standard InChI is InChI=1S/C13H22N2O/c1-10-4-6-12(7-5-10)13(8-14)15-9-11(2)16-3/h4-7,11,13,15H,8-9,14H2,1-3H3. The predicted octanol–water partition coefficient (Wildman–Crippen LogP) is 1.62. The summed E-state index contributed by atoms with van der Waals surface area (Å²) >= 11 is 0. The minimum Gasteiger partial charge on any atom is -0.380 e. The summed E-state index contributed by atoms with van der Waals surface area (Å²) in [6.07, 6.45) is 0.208. The van der Waals surface area contributed by atoms with Crippen molar-refractivity contribution in [1.82, 2.24) is 5.32 Å². The van der Waals surface area contributed by atoms with Gasteiger partial charge in [0.15, 0.2) is 0 Å². The average molecular weight is 222 g/mol. The number of benzene rings is 1. The van der Waals surface area contributed by atoms with Gasteiger partial charge in [-0.05, 0) is 19.4 Å². The van der Waals surface area contributed by atoms with Crippen molar-refractivity contribution in [2.45, 2.75) is 26.0 Å². The van der Waals surface area contributed by atoms with Gasteiger partial charge in [0.1, 0.15) is 0 Å². The van der Waals surface area contributed by atoms with Crippen LogP contribution in [0.15, 0.2) is 24.3 Å². The molecule has 2 atom stereocenters. The van der Waals surface area contributed by atoms with Crippen molar-refractivity contribution < 1.29 is 4.74 Å². The number of hydrogen-bond acceptors (Lipinski definition) is 3. The van der Waals surface area contributed by atoms with Crippen LogP contribution >= 0.6 is 0 Å². The van der Waals surface area contributed by atoms with E-state index in [1.165, 1.54) is 11.1 Å². The molecule has 0 fully saturated rings. The van der Waals surface area contributed by atoms with Crippen LogP contribution in [0.25, 0.3) is 0 Å². The smallest absolute Gasteiger partial charge is 0.0667 e. The second-order valence-corrected chi connectivity index (χ2v) is 4.15. The van der Waals surface area contributed by atoms with Gasteiger partial charge in [-0.1, -0.05) is 29.8 Å². The monoisotopic (exact) mass is 222 g/mol. The van der Waals surface area contributed by atoms with Crippen molar-refractivity contribution >= 4 is 0 Å². The van der Waals surface area contributed by atoms with Crippen molar-refractivity contribution in [1.29, 1.82) is 0 Å². The molecule has 0 aliphatic carbocycles. The normalized spacial score (nSPS) is 14.8. The fourth-order valence-electron chi connectivity index (χ4n) is 1.53. The molecule has 2 unspecified atom stereocenters. The van der Waals surface area contributed by atoms with Crippen LogP contribution in [0, 0.1) is 6.92 Å². The number of nitrogens with two attached hydrogens (primary N) is 1. The van der Waals surface area contributed by atoms with Crippen LogP contribution in [0.1, 0.15) is 24.1 Å². The van der Waals surface area contributed by atoms with Crippen molar-refractivity contribution in [3.63, 3.8) is 0 Å². The van der Waals surface area contributed by atoms with Gasteiger partial charge in [-0.15, -0.1) is 0 Å². The van der Waals surface area contributed by atoms with Gasteiger partial charge in [0, 0.05) is 26.2 Å². The molecule has 0 amide bonds. The van der Waals surface area contributed by atoms with E-state index >= 15 is 0 Å². The zero-order valence-corrected chi connectivity index (χ0v) is 10.4. The minimum absolute atomic E-state index is 0.207. The molecular formula is C13H22N2O. The Bertz CT molecular complexity index is 297. The third-order valence-electron chi connectivity index (χ3n) is 2.77. The predicted molar refractivity (Wildman–Crippen MR) is 67.4 cm³/mol. The maximum Gasteiger partial charge on any atom is 0.0667 e. The highest BCUT2D eigenvalue weighted by atomic mass is 16.5. The van der Waals surface area contributed by atoms with E-state index < -0.39 is 0 Å². The first-order valence-corrected chi connectivity index (χ1v) is 5.70. The molecule has 0 bridgehead atoms. The van der Waals surface area contributed by atoms with Crippen LogP contribution in [0.5, 0.6) is 0 Å². The molecular weight excluding hydrogens is 200 g/mol. The Morgan fingerprint density at radius 1 is 1.31 bits per heavy atom. The molecule has 0 heterocycles. The lowest BCUT2D eigenvalue weighted by molar-refractivity contribution is 0.114. The van der Waals surface area contributed by atoms with E-state index in [2.05, 4.69) is 36.5 Å². The maximum absolute atomic E-state index is 5.77. The number of ether oxygens (including phenoxy) is 1. The average Bonchev–Trinajstić information content (AvgIpc) is 2.31. The number of methoxy groups -OCH3 is 1. The van der Waals surface area contributed by atoms with Gasteiger partial charge in [0.25, 0.3) is 0 Å². The van der Waals surface area contributed by atoms with E-state index in [0.29, 0.717) is 6.54 Å². The molecule has 1 aromatic carbocycles. The van der Waals surface area contributed by atoms with Gasteiger partial charge < -0.3 is 15.8 Å². The second-order valence-electron chi connectivity index (χ2n) is 4.15. The number of nitrogens with one attached hydrogen (secondary N) is 1. The summed E-state index contributed by atoms with van der Waals surface area (Å²) in [5.41, 5.74) is 8.27. The topological polar surface area (TPSA) is 47.3 Å². The van der Waals surface area contributed by atoms with Crippen LogP contribution in [0.4, 0.5) is 0 Å². The minimum atomic E-state index is 0.207. The molecule has 0 saturated heterocycles. The Morgan fingerprint density at radius 3 is 2.44 bits per heavy atom. The zero-order chi connectivity index (χ0) is 12.0. The van der Waals surface area contributed by atoms with Crippen LogP contribution < -0.4 is 11.1 Å². The molecule has 0 aliphatic heterocycles. The van der Waals surface area contributed by atoms with E-state index in [-0.39, 0.29) is 12.1 Å². The maximum atomic E-state index is 5.77. The van der Waals surface area contributed by atoms with Gasteiger partial charge in [0.05, 0.1) is 6.10 Å². The Balaban J connectivity index is 2.57. The summed E-state index contributed by atoms with van der Waals surface area (Å²) in [5, 5.41) is 3.41. The molecule has 1 rings (SSSR count). The third-order valence-corrected chi connectivity index (χ3v) is 2.77. The molecule has 90 valence electrons. The van der Waals surface area contributed by atoms with E-state index in [1.807, 2.05) is 6.92 Å². The van der Waals surface area contributed by atoms with Crippen LogP contribution in [0.3, 0.4) is 0 Å². The number of aryl methyl sites for hydroxylation is 1. The summed E-state index contributed by atoms with van der Waals surface area (Å²) < 4.78 is 5.20. The first-order valence-electron chi connectivity index (χ1n) is 5.70. The van der Waals surface area contributed by atoms with Crippen molar-refractivity contribution in [3.05, 3.63) is 35.4 Å². The van der Waals surface area contributed by atoms with Gasteiger partial charge in [-0.3, -0.25) is 0 Å². The summed E-state index contributed by atoms with van der Waals surface area (Å²) in [5.74, 6) is 0. The number of rotatable bonds is 6. The van der Waals surface area contributed by atoms with Crippen molar-refractivity contribution in [3.8, 4) is 0 Å². The van der Waals surface area contributed by atoms with E-state index in [4.69, 9.17) is 10.5 Å². The molecule has 0 aromatic heterocycles. The molecule has 1 aromatic rings. The summed E-state index contributed by atoms with van der Waals surface area (Å²) in [4.78, 5) is 0. The molecule has 0 spiro atoms. The number of hydrogen-bond donors (Lipinski definition) is 2. The quantitative estimate of drug-likeness (QED) is 0.769. The lowest BCUT2D eigenvalue weighted by atomic mass is 10.1. The molecule has 0 aliphatic rings. The molecule has 0 saturated carbocycles. The van der Waals surface area contributed by atoms with Crippen LogP contribution in [0.2, 0.25) is 0 Å². The highest BCUT2D eigenvalue weighted by molar-refractivity contribution is 5.24.